The van der Waals surface area contributed by atoms with Crippen molar-refractivity contribution in [3.8, 4) is 11.6 Å². The first-order valence-corrected chi connectivity index (χ1v) is 8.24. The van der Waals surface area contributed by atoms with Crippen molar-refractivity contribution < 1.29 is 9.13 Å². The van der Waals surface area contributed by atoms with Crippen LogP contribution in [0, 0.1) is 11.7 Å². The Labute approximate surface area is 142 Å². The van der Waals surface area contributed by atoms with Gasteiger partial charge in [-0.05, 0) is 37.2 Å². The first-order valence-electron chi connectivity index (χ1n) is 8.24. The Hall–Kier alpha value is -2.21. The van der Waals surface area contributed by atoms with Crippen LogP contribution in [0.15, 0.2) is 36.5 Å². The van der Waals surface area contributed by atoms with E-state index in [4.69, 9.17) is 4.74 Å². The Morgan fingerprint density at radius 1 is 1.17 bits per heavy atom. The number of aromatic nitrogens is 2. The van der Waals surface area contributed by atoms with Crippen molar-refractivity contribution in [2.24, 2.45) is 5.92 Å². The second-order valence-electron chi connectivity index (χ2n) is 6.52. The van der Waals surface area contributed by atoms with Crippen LogP contribution in [0.25, 0.3) is 0 Å². The molecule has 1 aromatic heterocycles. The minimum atomic E-state index is -0.289. The fourth-order valence-corrected chi connectivity index (χ4v) is 2.92. The fourth-order valence-electron chi connectivity index (χ4n) is 2.92. The van der Waals surface area contributed by atoms with Crippen LogP contribution in [-0.4, -0.2) is 47.6 Å². The van der Waals surface area contributed by atoms with Crippen LogP contribution in [0.4, 0.5) is 10.3 Å². The summed E-state index contributed by atoms with van der Waals surface area (Å²) in [4.78, 5) is 13.6. The molecule has 1 saturated heterocycles. The van der Waals surface area contributed by atoms with Gasteiger partial charge in [0.1, 0.15) is 11.6 Å². The van der Waals surface area contributed by atoms with Gasteiger partial charge in [-0.15, -0.1) is 0 Å². The summed E-state index contributed by atoms with van der Waals surface area (Å²) in [5, 5.41) is 0. The molecule has 128 valence electrons. The third-order valence-corrected chi connectivity index (χ3v) is 4.30. The lowest BCUT2D eigenvalue weighted by molar-refractivity contribution is 0.234. The Kier molecular flexibility index (Phi) is 4.94. The molecule has 0 bridgehead atoms. The molecule has 0 spiro atoms. The normalized spacial score (nSPS) is 18.9. The van der Waals surface area contributed by atoms with Crippen molar-refractivity contribution in [2.75, 3.05) is 31.6 Å². The van der Waals surface area contributed by atoms with Crippen molar-refractivity contribution in [3.05, 3.63) is 42.3 Å². The molecule has 24 heavy (non-hydrogen) atoms. The number of ether oxygens (including phenoxy) is 1. The Balaban J connectivity index is 1.80. The number of hydrogen-bond donors (Lipinski definition) is 0. The average molecular weight is 330 g/mol. The minimum absolute atomic E-state index is 0.289. The van der Waals surface area contributed by atoms with E-state index in [1.807, 2.05) is 0 Å². The third kappa shape index (κ3) is 3.82. The minimum Gasteiger partial charge on any atom is -0.439 e. The zero-order chi connectivity index (χ0) is 17.1. The molecule has 2 aromatic rings. The summed E-state index contributed by atoms with van der Waals surface area (Å²) in [7, 11) is 2.14. The van der Waals surface area contributed by atoms with E-state index in [1.54, 1.807) is 24.4 Å². The van der Waals surface area contributed by atoms with E-state index in [-0.39, 0.29) is 5.82 Å². The molecule has 0 N–H and O–H groups in total. The second-order valence-corrected chi connectivity index (χ2v) is 6.52. The summed E-state index contributed by atoms with van der Waals surface area (Å²) >= 11 is 0. The summed E-state index contributed by atoms with van der Waals surface area (Å²) in [6, 6.07) is 7.99. The lowest BCUT2D eigenvalue weighted by Gasteiger charge is -2.42. The molecule has 1 aromatic carbocycles. The largest absolute Gasteiger partial charge is 0.439 e. The van der Waals surface area contributed by atoms with Crippen LogP contribution in [0.3, 0.4) is 0 Å². The third-order valence-electron chi connectivity index (χ3n) is 4.30. The lowest BCUT2D eigenvalue weighted by Crippen LogP contribution is -2.54. The molecule has 2 heterocycles. The van der Waals surface area contributed by atoms with Gasteiger partial charge in [-0.3, -0.25) is 0 Å². The van der Waals surface area contributed by atoms with Gasteiger partial charge in [0.05, 0.1) is 0 Å². The van der Waals surface area contributed by atoms with Gasteiger partial charge in [0.25, 0.3) is 0 Å². The highest BCUT2D eigenvalue weighted by molar-refractivity contribution is 5.36. The monoisotopic (exact) mass is 330 g/mol. The van der Waals surface area contributed by atoms with Gasteiger partial charge >= 0.3 is 0 Å². The van der Waals surface area contributed by atoms with Gasteiger partial charge < -0.3 is 14.5 Å². The van der Waals surface area contributed by atoms with Crippen molar-refractivity contribution in [1.29, 1.82) is 0 Å². The SMILES string of the molecule is CC(C)C1CN(C)CCN1c1nccc(Oc2ccc(F)cc2)n1. The number of piperazine rings is 1. The summed E-state index contributed by atoms with van der Waals surface area (Å²) in [5.41, 5.74) is 0. The molecule has 3 rings (SSSR count). The van der Waals surface area contributed by atoms with Crippen molar-refractivity contribution >= 4 is 5.95 Å². The average Bonchev–Trinajstić information content (AvgIpc) is 2.57. The number of nitrogens with zero attached hydrogens (tertiary/aromatic N) is 4. The molecule has 1 fully saturated rings. The highest BCUT2D eigenvalue weighted by Crippen LogP contribution is 2.25. The second kappa shape index (κ2) is 7.13. The van der Waals surface area contributed by atoms with Crippen LogP contribution in [-0.2, 0) is 0 Å². The van der Waals surface area contributed by atoms with E-state index in [0.717, 1.165) is 19.6 Å². The van der Waals surface area contributed by atoms with Crippen LogP contribution >= 0.6 is 0 Å². The van der Waals surface area contributed by atoms with Gasteiger partial charge in [-0.1, -0.05) is 13.8 Å². The van der Waals surface area contributed by atoms with E-state index < -0.39 is 0 Å². The predicted octanol–water partition coefficient (Wildman–Crippen LogP) is 3.18. The predicted molar refractivity (Wildman–Crippen MR) is 92.0 cm³/mol. The van der Waals surface area contributed by atoms with E-state index in [9.17, 15) is 4.39 Å². The summed E-state index contributed by atoms with van der Waals surface area (Å²) in [5.74, 6) is 1.91. The molecule has 1 aliphatic rings. The molecule has 0 amide bonds. The maximum absolute atomic E-state index is 13.0. The van der Waals surface area contributed by atoms with E-state index >= 15 is 0 Å². The van der Waals surface area contributed by atoms with E-state index in [2.05, 4.69) is 40.7 Å². The highest BCUT2D eigenvalue weighted by atomic mass is 19.1. The van der Waals surface area contributed by atoms with Gasteiger partial charge in [0.2, 0.25) is 11.8 Å². The van der Waals surface area contributed by atoms with E-state index in [1.165, 1.54) is 12.1 Å². The summed E-state index contributed by atoms with van der Waals surface area (Å²) in [6.45, 7) is 7.30. The summed E-state index contributed by atoms with van der Waals surface area (Å²) in [6.07, 6.45) is 1.71. The maximum Gasteiger partial charge on any atom is 0.228 e. The lowest BCUT2D eigenvalue weighted by atomic mass is 10.0. The number of rotatable bonds is 4. The molecule has 1 unspecified atom stereocenters. The molecular formula is C18H23FN4O. The molecule has 0 saturated carbocycles. The van der Waals surface area contributed by atoms with Gasteiger partial charge in [0.15, 0.2) is 0 Å². The van der Waals surface area contributed by atoms with Crippen LogP contribution in [0.5, 0.6) is 11.6 Å². The van der Waals surface area contributed by atoms with E-state index in [0.29, 0.717) is 29.5 Å². The standard InChI is InChI=1S/C18H23FN4O/c1-13(2)16-12-22(3)10-11-23(16)18-20-9-8-17(21-18)24-15-6-4-14(19)5-7-15/h4-9,13,16H,10-12H2,1-3H3. The Morgan fingerprint density at radius 3 is 2.62 bits per heavy atom. The molecule has 0 aliphatic carbocycles. The molecule has 6 heteroatoms. The highest BCUT2D eigenvalue weighted by Gasteiger charge is 2.29. The maximum atomic E-state index is 13.0. The first-order chi connectivity index (χ1) is 11.5. The van der Waals surface area contributed by atoms with Crippen LogP contribution in [0.2, 0.25) is 0 Å². The smallest absolute Gasteiger partial charge is 0.228 e. The molecule has 5 nitrogen and oxygen atoms in total. The fraction of sp³-hybridized carbons (Fsp3) is 0.444. The molecule has 0 radical (unpaired) electrons. The zero-order valence-electron chi connectivity index (χ0n) is 14.3. The molecule has 1 atom stereocenters. The number of anilines is 1. The number of likely N-dealkylation sites (N-methyl/N-ethyl adjacent to an activating group) is 1. The number of hydrogen-bond acceptors (Lipinski definition) is 5. The van der Waals surface area contributed by atoms with Crippen molar-refractivity contribution in [2.45, 2.75) is 19.9 Å². The number of benzene rings is 1. The van der Waals surface area contributed by atoms with Crippen LogP contribution in [0.1, 0.15) is 13.8 Å². The molecule has 1 aliphatic heterocycles. The Morgan fingerprint density at radius 2 is 1.92 bits per heavy atom. The van der Waals surface area contributed by atoms with Crippen molar-refractivity contribution in [1.82, 2.24) is 14.9 Å². The zero-order valence-corrected chi connectivity index (χ0v) is 14.3. The van der Waals surface area contributed by atoms with Gasteiger partial charge in [-0.25, -0.2) is 9.37 Å². The quantitative estimate of drug-likeness (QED) is 0.861. The first kappa shape index (κ1) is 16.6. The number of halogens is 1. The van der Waals surface area contributed by atoms with Crippen LogP contribution < -0.4 is 9.64 Å². The Bertz CT molecular complexity index is 677. The van der Waals surface area contributed by atoms with Gasteiger partial charge in [0, 0.05) is 37.9 Å². The summed E-state index contributed by atoms with van der Waals surface area (Å²) < 4.78 is 18.7. The topological polar surface area (TPSA) is 41.5 Å². The molecular weight excluding hydrogens is 307 g/mol. The van der Waals surface area contributed by atoms with Crippen molar-refractivity contribution in [3.63, 3.8) is 0 Å². The van der Waals surface area contributed by atoms with Gasteiger partial charge in [-0.2, -0.15) is 4.98 Å².